The van der Waals surface area contributed by atoms with Crippen LogP contribution in [0.5, 0.6) is 0 Å². The lowest BCUT2D eigenvalue weighted by Gasteiger charge is -2.01. The van der Waals surface area contributed by atoms with Crippen molar-refractivity contribution in [2.45, 2.75) is 12.2 Å². The van der Waals surface area contributed by atoms with Gasteiger partial charge in [0.1, 0.15) is 0 Å². The van der Waals surface area contributed by atoms with Gasteiger partial charge in [0.05, 0.1) is 0 Å². The largest absolute Gasteiger partial charge is 0.325 e. The van der Waals surface area contributed by atoms with Crippen molar-refractivity contribution in [2.24, 2.45) is 0 Å². The summed E-state index contributed by atoms with van der Waals surface area (Å²) in [6.45, 7) is 1.91. The first-order valence-corrected chi connectivity index (χ1v) is 3.59. The van der Waals surface area contributed by atoms with Crippen molar-refractivity contribution >= 4 is 12.6 Å². The number of rotatable bonds is 1. The molecule has 1 N–H and O–H groups in total. The van der Waals surface area contributed by atoms with E-state index in [4.69, 9.17) is 0 Å². The van der Waals surface area contributed by atoms with E-state index in [-0.39, 0.29) is 10.8 Å². The van der Waals surface area contributed by atoms with Gasteiger partial charge in [-0.15, -0.1) is 0 Å². The molecule has 1 aromatic rings. The summed E-state index contributed by atoms with van der Waals surface area (Å²) in [5, 5.41) is 0.0916. The van der Waals surface area contributed by atoms with Crippen LogP contribution in [0.3, 0.4) is 0 Å². The second-order valence-corrected chi connectivity index (χ2v) is 2.92. The van der Waals surface area contributed by atoms with Crippen molar-refractivity contribution in [2.75, 3.05) is 0 Å². The van der Waals surface area contributed by atoms with Crippen LogP contribution in [-0.2, 0) is 0 Å². The number of H-pyrrole nitrogens is 1. The van der Waals surface area contributed by atoms with E-state index < -0.39 is 0 Å². The van der Waals surface area contributed by atoms with Crippen LogP contribution >= 0.6 is 12.6 Å². The molecular weight excluding hydrogens is 146 g/mol. The molecule has 1 rings (SSSR count). The zero-order valence-corrected chi connectivity index (χ0v) is 6.56. The molecule has 0 bridgehead atoms. The van der Waals surface area contributed by atoms with Crippen LogP contribution in [-0.4, -0.2) is 4.98 Å². The third-order valence-corrected chi connectivity index (χ3v) is 1.52. The number of thiol groups is 1. The molecule has 0 saturated carbocycles. The summed E-state index contributed by atoms with van der Waals surface area (Å²) >= 11 is 4.16. The zero-order chi connectivity index (χ0) is 7.56. The maximum absolute atomic E-state index is 10.7. The fraction of sp³-hybridized carbons (Fsp3) is 0.286. The highest BCUT2D eigenvalue weighted by molar-refractivity contribution is 7.80. The van der Waals surface area contributed by atoms with Gasteiger partial charge >= 0.3 is 0 Å². The van der Waals surface area contributed by atoms with Gasteiger partial charge in [0.15, 0.2) is 0 Å². The minimum Gasteiger partial charge on any atom is -0.325 e. The standard InChI is InChI=1S/C7H9NOS/c1-5(10)6-3-2-4-7(9)8-6/h2-5,10H,1H3,(H,8,9). The van der Waals surface area contributed by atoms with Crippen molar-refractivity contribution in [3.63, 3.8) is 0 Å². The molecule has 0 spiro atoms. The average molecular weight is 155 g/mol. The second kappa shape index (κ2) is 2.92. The monoisotopic (exact) mass is 155 g/mol. The van der Waals surface area contributed by atoms with E-state index in [1.54, 1.807) is 6.07 Å². The fourth-order valence-corrected chi connectivity index (χ4v) is 0.859. The molecule has 0 aliphatic carbocycles. The molecule has 2 nitrogen and oxygen atoms in total. The zero-order valence-electron chi connectivity index (χ0n) is 5.66. The van der Waals surface area contributed by atoms with E-state index in [2.05, 4.69) is 17.6 Å². The molecule has 0 radical (unpaired) electrons. The molecule has 1 aromatic heterocycles. The van der Waals surface area contributed by atoms with Crippen LogP contribution in [0.2, 0.25) is 0 Å². The van der Waals surface area contributed by atoms with Gasteiger partial charge in [-0.05, 0) is 13.0 Å². The van der Waals surface area contributed by atoms with Gasteiger partial charge < -0.3 is 4.98 Å². The molecule has 1 unspecified atom stereocenters. The Kier molecular flexibility index (Phi) is 2.17. The van der Waals surface area contributed by atoms with Gasteiger partial charge in [0, 0.05) is 17.0 Å². The van der Waals surface area contributed by atoms with Crippen molar-refractivity contribution in [1.82, 2.24) is 4.98 Å². The molecule has 3 heteroatoms. The van der Waals surface area contributed by atoms with E-state index in [0.717, 1.165) is 5.69 Å². The Balaban J connectivity index is 3.07. The van der Waals surface area contributed by atoms with Gasteiger partial charge in [-0.2, -0.15) is 12.6 Å². The van der Waals surface area contributed by atoms with Crippen LogP contribution in [0, 0.1) is 0 Å². The number of hydrogen-bond donors (Lipinski definition) is 2. The minimum atomic E-state index is -0.0709. The molecule has 0 amide bonds. The van der Waals surface area contributed by atoms with Crippen molar-refractivity contribution < 1.29 is 0 Å². The summed E-state index contributed by atoms with van der Waals surface area (Å²) < 4.78 is 0. The average Bonchev–Trinajstić information content (AvgIpc) is 1.88. The predicted molar refractivity (Wildman–Crippen MR) is 44.5 cm³/mol. The third-order valence-electron chi connectivity index (χ3n) is 1.24. The van der Waals surface area contributed by atoms with Gasteiger partial charge in [0.2, 0.25) is 5.56 Å². The number of nitrogens with one attached hydrogen (secondary N) is 1. The van der Waals surface area contributed by atoms with Gasteiger partial charge in [-0.1, -0.05) is 6.07 Å². The normalized spacial score (nSPS) is 13.0. The molecule has 0 aromatic carbocycles. The van der Waals surface area contributed by atoms with Crippen LogP contribution in [0.15, 0.2) is 23.0 Å². The molecule has 54 valence electrons. The number of hydrogen-bond acceptors (Lipinski definition) is 2. The highest BCUT2D eigenvalue weighted by Gasteiger charge is 1.97. The molecule has 10 heavy (non-hydrogen) atoms. The Bertz CT molecular complexity index is 266. The van der Waals surface area contributed by atoms with E-state index >= 15 is 0 Å². The van der Waals surface area contributed by atoms with E-state index in [0.29, 0.717) is 0 Å². The van der Waals surface area contributed by atoms with E-state index in [1.807, 2.05) is 13.0 Å². The summed E-state index contributed by atoms with van der Waals surface area (Å²) in [5.74, 6) is 0. The van der Waals surface area contributed by atoms with E-state index in [1.165, 1.54) is 6.07 Å². The molecule has 1 heterocycles. The first kappa shape index (κ1) is 7.41. The van der Waals surface area contributed by atoms with Crippen molar-refractivity contribution in [3.8, 4) is 0 Å². The quantitative estimate of drug-likeness (QED) is 0.590. The highest BCUT2D eigenvalue weighted by atomic mass is 32.1. The number of pyridine rings is 1. The van der Waals surface area contributed by atoms with Gasteiger partial charge in [0.25, 0.3) is 0 Å². The first-order valence-electron chi connectivity index (χ1n) is 3.07. The van der Waals surface area contributed by atoms with Crippen LogP contribution in [0.25, 0.3) is 0 Å². The van der Waals surface area contributed by atoms with Crippen molar-refractivity contribution in [1.29, 1.82) is 0 Å². The topological polar surface area (TPSA) is 32.9 Å². The molecular formula is C7H9NOS. The van der Waals surface area contributed by atoms with Crippen LogP contribution in [0.1, 0.15) is 17.9 Å². The fourth-order valence-electron chi connectivity index (χ4n) is 0.708. The lowest BCUT2D eigenvalue weighted by atomic mass is 10.3. The third kappa shape index (κ3) is 1.64. The van der Waals surface area contributed by atoms with Crippen LogP contribution < -0.4 is 5.56 Å². The lowest BCUT2D eigenvalue weighted by molar-refractivity contribution is 0.994. The maximum atomic E-state index is 10.7. The SMILES string of the molecule is CC(S)c1cccc(=O)[nH]1. The van der Waals surface area contributed by atoms with Crippen molar-refractivity contribution in [3.05, 3.63) is 34.2 Å². The molecule has 0 aliphatic heterocycles. The minimum absolute atomic E-state index is 0.0709. The Morgan fingerprint density at radius 1 is 1.60 bits per heavy atom. The van der Waals surface area contributed by atoms with E-state index in [9.17, 15) is 4.79 Å². The summed E-state index contributed by atoms with van der Waals surface area (Å²) in [5.41, 5.74) is 0.786. The molecule has 0 saturated heterocycles. The first-order chi connectivity index (χ1) is 4.70. The predicted octanol–water partition coefficient (Wildman–Crippen LogP) is 1.37. The Morgan fingerprint density at radius 3 is 2.70 bits per heavy atom. The summed E-state index contributed by atoms with van der Waals surface area (Å²) in [6.07, 6.45) is 0. The van der Waals surface area contributed by atoms with Gasteiger partial charge in [-0.3, -0.25) is 4.79 Å². The second-order valence-electron chi connectivity index (χ2n) is 2.15. The summed E-state index contributed by atoms with van der Waals surface area (Å²) in [6, 6.07) is 5.06. The molecule has 0 fully saturated rings. The van der Waals surface area contributed by atoms with Gasteiger partial charge in [-0.25, -0.2) is 0 Å². The Hall–Kier alpha value is -0.700. The number of aromatic nitrogens is 1. The van der Waals surface area contributed by atoms with Crippen LogP contribution in [0.4, 0.5) is 0 Å². The molecule has 1 atom stereocenters. The maximum Gasteiger partial charge on any atom is 0.248 e. The highest BCUT2D eigenvalue weighted by Crippen LogP contribution is 2.13. The summed E-state index contributed by atoms with van der Waals surface area (Å²) in [7, 11) is 0. The lowest BCUT2D eigenvalue weighted by Crippen LogP contribution is -2.06. The smallest absolute Gasteiger partial charge is 0.248 e. The Morgan fingerprint density at radius 2 is 2.30 bits per heavy atom. The number of aromatic amines is 1. The molecule has 0 aliphatic rings. The Labute approximate surface area is 64.7 Å². The summed E-state index contributed by atoms with van der Waals surface area (Å²) in [4.78, 5) is 13.4.